The first kappa shape index (κ1) is 31.8. The number of hydrogen-bond acceptors (Lipinski definition) is 8. The van der Waals surface area contributed by atoms with Crippen molar-refractivity contribution in [3.63, 3.8) is 0 Å². The van der Waals surface area contributed by atoms with Crippen LogP contribution in [0.25, 0.3) is 10.6 Å². The second kappa shape index (κ2) is 12.0. The Labute approximate surface area is 259 Å². The number of pyridine rings is 1. The van der Waals surface area contributed by atoms with Crippen LogP contribution in [0.5, 0.6) is 0 Å². The largest absolute Gasteiger partial charge is 0.390 e. The number of ketones is 2. The highest BCUT2D eigenvalue weighted by atomic mass is 35.5. The van der Waals surface area contributed by atoms with Gasteiger partial charge >= 0.3 is 0 Å². The van der Waals surface area contributed by atoms with Crippen molar-refractivity contribution in [2.45, 2.75) is 89.7 Å². The van der Waals surface area contributed by atoms with E-state index in [4.69, 9.17) is 11.6 Å². The molecule has 3 aromatic rings. The van der Waals surface area contributed by atoms with Gasteiger partial charge in [-0.2, -0.15) is 0 Å². The lowest BCUT2D eigenvalue weighted by molar-refractivity contribution is -0.128. The predicted molar refractivity (Wildman–Crippen MR) is 162 cm³/mol. The van der Waals surface area contributed by atoms with Crippen molar-refractivity contribution in [3.8, 4) is 10.6 Å². The zero-order valence-corrected chi connectivity index (χ0v) is 26.5. The molecule has 1 saturated carbocycles. The molecule has 0 bridgehead atoms. The van der Waals surface area contributed by atoms with Crippen LogP contribution in [0.15, 0.2) is 30.3 Å². The van der Waals surface area contributed by atoms with E-state index in [1.165, 1.54) is 6.07 Å². The number of Topliss-reactive ketones (excluding diaryl/α,β-unsaturated/α-hetero) is 2. The molecule has 11 heteroatoms. The number of aliphatic hydroxyl groups is 1. The van der Waals surface area contributed by atoms with E-state index in [0.717, 1.165) is 47.7 Å². The van der Waals surface area contributed by atoms with Crippen molar-refractivity contribution in [2.75, 3.05) is 13.1 Å². The molecule has 1 N–H and O–H groups in total. The SMILES string of the molecule is Cc1cc(Cl)cc(C(C)(C)CC(=O)CC2(CC(=O)c3nnc(-c4ccc(F)cc4F)s3)CN(C3CCC(C)(O)CC3)C2)n1. The fraction of sp³-hybridized carbons (Fsp3) is 0.531. The zero-order valence-electron chi connectivity index (χ0n) is 24.9. The van der Waals surface area contributed by atoms with Crippen LogP contribution in [-0.2, 0) is 10.2 Å². The molecular weight excluding hydrogens is 594 g/mol. The number of aromatic nitrogens is 3. The number of nitrogens with zero attached hydrogens (tertiary/aromatic N) is 4. The molecule has 0 spiro atoms. The quantitative estimate of drug-likeness (QED) is 0.248. The molecule has 230 valence electrons. The Kier molecular flexibility index (Phi) is 8.88. The molecule has 0 atom stereocenters. The van der Waals surface area contributed by atoms with Crippen molar-refractivity contribution >= 4 is 34.5 Å². The maximum Gasteiger partial charge on any atom is 0.194 e. The normalized spacial score (nSPS) is 22.3. The second-order valence-corrected chi connectivity index (χ2v) is 14.8. The summed E-state index contributed by atoms with van der Waals surface area (Å²) >= 11 is 7.24. The fourth-order valence-electron chi connectivity index (χ4n) is 6.51. The number of halogens is 3. The Morgan fingerprint density at radius 2 is 1.81 bits per heavy atom. The van der Waals surface area contributed by atoms with Gasteiger partial charge in [0.25, 0.3) is 0 Å². The van der Waals surface area contributed by atoms with Crippen LogP contribution in [0.3, 0.4) is 0 Å². The summed E-state index contributed by atoms with van der Waals surface area (Å²) in [5, 5.41) is 19.3. The molecule has 1 aliphatic heterocycles. The van der Waals surface area contributed by atoms with Gasteiger partial charge < -0.3 is 5.11 Å². The molecule has 3 heterocycles. The van der Waals surface area contributed by atoms with Crippen LogP contribution < -0.4 is 0 Å². The fourth-order valence-corrected chi connectivity index (χ4v) is 7.58. The number of aryl methyl sites for hydroxylation is 1. The third-order valence-corrected chi connectivity index (χ3v) is 10.0. The van der Waals surface area contributed by atoms with E-state index in [2.05, 4.69) is 20.1 Å². The van der Waals surface area contributed by atoms with Gasteiger partial charge in [-0.3, -0.25) is 19.5 Å². The molecule has 0 amide bonds. The van der Waals surface area contributed by atoms with Gasteiger partial charge in [0.2, 0.25) is 0 Å². The minimum Gasteiger partial charge on any atom is -0.390 e. The molecule has 2 fully saturated rings. The third-order valence-electron chi connectivity index (χ3n) is 8.81. The Hall–Kier alpha value is -2.66. The van der Waals surface area contributed by atoms with E-state index in [-0.39, 0.29) is 46.4 Å². The number of likely N-dealkylation sites (tertiary alicyclic amines) is 1. The summed E-state index contributed by atoms with van der Waals surface area (Å²) in [5.74, 6) is -1.69. The van der Waals surface area contributed by atoms with Gasteiger partial charge in [0.15, 0.2) is 15.8 Å². The van der Waals surface area contributed by atoms with Crippen LogP contribution in [0, 0.1) is 24.0 Å². The number of hydrogen-bond donors (Lipinski definition) is 1. The van der Waals surface area contributed by atoms with Crippen LogP contribution in [0.1, 0.15) is 86.9 Å². The minimum atomic E-state index is -0.773. The van der Waals surface area contributed by atoms with Gasteiger partial charge in [0.05, 0.1) is 5.60 Å². The smallest absolute Gasteiger partial charge is 0.194 e. The molecule has 5 rings (SSSR count). The van der Waals surface area contributed by atoms with Crippen LogP contribution >= 0.6 is 22.9 Å². The standard InChI is InChI=1S/C32H37ClF2N4O3S/c1-19-11-20(33)12-27(36-19)30(2,3)14-23(40)15-32(17-39(18-32)22-7-9-31(4,42)10-8-22)16-26(41)29-38-37-28(43-29)24-6-5-21(34)13-25(24)35/h5-6,11-13,22,42H,7-10,14-18H2,1-4H3. The first-order chi connectivity index (χ1) is 20.1. The highest BCUT2D eigenvalue weighted by Crippen LogP contribution is 2.44. The first-order valence-corrected chi connectivity index (χ1v) is 15.8. The summed E-state index contributed by atoms with van der Waals surface area (Å²) < 4.78 is 27.7. The lowest BCUT2D eigenvalue weighted by Crippen LogP contribution is -2.62. The average Bonchev–Trinajstić information content (AvgIpc) is 3.36. The summed E-state index contributed by atoms with van der Waals surface area (Å²) in [6.45, 7) is 8.85. The maximum absolute atomic E-state index is 14.3. The van der Waals surface area contributed by atoms with Gasteiger partial charge in [-0.05, 0) is 63.8 Å². The molecule has 1 aromatic carbocycles. The highest BCUT2D eigenvalue weighted by Gasteiger charge is 2.49. The summed E-state index contributed by atoms with van der Waals surface area (Å²) in [5.41, 5.74) is -0.170. The maximum atomic E-state index is 14.3. The Morgan fingerprint density at radius 1 is 1.12 bits per heavy atom. The minimum absolute atomic E-state index is 0.0368. The highest BCUT2D eigenvalue weighted by molar-refractivity contribution is 7.16. The lowest BCUT2D eigenvalue weighted by Gasteiger charge is -2.54. The number of carbonyl (C=O) groups excluding carboxylic acids is 2. The van der Waals surface area contributed by atoms with Gasteiger partial charge in [0.1, 0.15) is 17.4 Å². The van der Waals surface area contributed by atoms with E-state index < -0.39 is 28.1 Å². The van der Waals surface area contributed by atoms with E-state index in [1.807, 2.05) is 27.7 Å². The van der Waals surface area contributed by atoms with Crippen molar-refractivity contribution < 1.29 is 23.5 Å². The van der Waals surface area contributed by atoms with Crippen molar-refractivity contribution in [2.24, 2.45) is 5.41 Å². The number of carbonyl (C=O) groups is 2. The monoisotopic (exact) mass is 630 g/mol. The molecule has 0 radical (unpaired) electrons. The summed E-state index contributed by atoms with van der Waals surface area (Å²) in [7, 11) is 0. The van der Waals surface area contributed by atoms with E-state index >= 15 is 0 Å². The summed E-state index contributed by atoms with van der Waals surface area (Å²) in [6.07, 6.45) is 3.73. The van der Waals surface area contributed by atoms with Gasteiger partial charge in [-0.25, -0.2) is 8.78 Å². The molecular formula is C32H37ClF2N4O3S. The van der Waals surface area contributed by atoms with E-state index in [0.29, 0.717) is 37.0 Å². The second-order valence-electron chi connectivity index (χ2n) is 13.4. The third kappa shape index (κ3) is 7.36. The van der Waals surface area contributed by atoms with Crippen molar-refractivity contribution in [1.29, 1.82) is 0 Å². The molecule has 2 aliphatic rings. The molecule has 1 aliphatic carbocycles. The zero-order chi connectivity index (χ0) is 31.2. The van der Waals surface area contributed by atoms with Gasteiger partial charge in [-0.1, -0.05) is 36.8 Å². The average molecular weight is 631 g/mol. The molecule has 0 unspecified atom stereocenters. The molecule has 43 heavy (non-hydrogen) atoms. The Bertz CT molecular complexity index is 1510. The molecule has 7 nitrogen and oxygen atoms in total. The van der Waals surface area contributed by atoms with Gasteiger partial charge in [-0.15, -0.1) is 10.2 Å². The molecule has 2 aromatic heterocycles. The lowest BCUT2D eigenvalue weighted by atomic mass is 9.68. The predicted octanol–water partition coefficient (Wildman–Crippen LogP) is 6.74. The summed E-state index contributed by atoms with van der Waals surface area (Å²) in [6, 6.07) is 7.05. The Morgan fingerprint density at radius 3 is 2.47 bits per heavy atom. The Balaban J connectivity index is 1.32. The summed E-state index contributed by atoms with van der Waals surface area (Å²) in [4.78, 5) is 34.1. The van der Waals surface area contributed by atoms with Crippen LogP contribution in [0.2, 0.25) is 5.02 Å². The topological polar surface area (TPSA) is 96.3 Å². The first-order valence-electron chi connectivity index (χ1n) is 14.6. The number of rotatable bonds is 10. The number of benzene rings is 1. The van der Waals surface area contributed by atoms with Crippen LogP contribution in [0.4, 0.5) is 8.78 Å². The van der Waals surface area contributed by atoms with Crippen molar-refractivity contribution in [3.05, 3.63) is 63.4 Å². The van der Waals surface area contributed by atoms with Crippen LogP contribution in [-0.4, -0.2) is 61.5 Å². The van der Waals surface area contributed by atoms with Crippen molar-refractivity contribution in [1.82, 2.24) is 20.1 Å². The van der Waals surface area contributed by atoms with Gasteiger partial charge in [0, 0.05) is 77.3 Å². The van der Waals surface area contributed by atoms with E-state index in [1.54, 1.807) is 12.1 Å². The molecule has 1 saturated heterocycles. The van der Waals surface area contributed by atoms with E-state index in [9.17, 15) is 23.5 Å².